The van der Waals surface area contributed by atoms with Gasteiger partial charge in [0, 0.05) is 12.5 Å². The second-order valence-corrected chi connectivity index (χ2v) is 6.79. The first kappa shape index (κ1) is 15.6. The van der Waals surface area contributed by atoms with Crippen LogP contribution in [0.2, 0.25) is 0 Å². The summed E-state index contributed by atoms with van der Waals surface area (Å²) in [5.41, 5.74) is 1.41. The molecule has 2 aromatic rings. The predicted molar refractivity (Wildman–Crippen MR) is 79.3 cm³/mol. The van der Waals surface area contributed by atoms with Crippen LogP contribution in [0.15, 0.2) is 47.6 Å². The fraction of sp³-hybridized carbons (Fsp3) is 0.267. The van der Waals surface area contributed by atoms with Crippen LogP contribution in [-0.4, -0.2) is 26.2 Å². The van der Waals surface area contributed by atoms with E-state index < -0.39 is 15.7 Å². The summed E-state index contributed by atoms with van der Waals surface area (Å²) < 4.78 is 36.7. The molecule has 4 nitrogen and oxygen atoms in total. The van der Waals surface area contributed by atoms with Crippen molar-refractivity contribution < 1.29 is 12.8 Å². The Morgan fingerprint density at radius 1 is 1.24 bits per heavy atom. The van der Waals surface area contributed by atoms with E-state index in [-0.39, 0.29) is 10.9 Å². The molecule has 0 amide bonds. The number of rotatable bonds is 5. The average molecular weight is 308 g/mol. The summed E-state index contributed by atoms with van der Waals surface area (Å²) >= 11 is 0. The molecular weight excluding hydrogens is 291 g/mol. The fourth-order valence-corrected chi connectivity index (χ4v) is 2.82. The molecule has 0 saturated heterocycles. The van der Waals surface area contributed by atoms with E-state index in [1.54, 1.807) is 24.4 Å². The van der Waals surface area contributed by atoms with Crippen LogP contribution in [0.25, 0.3) is 0 Å². The van der Waals surface area contributed by atoms with Crippen molar-refractivity contribution in [3.8, 4) is 0 Å². The highest BCUT2D eigenvalue weighted by Gasteiger charge is 2.16. The smallest absolute Gasteiger partial charge is 0.175 e. The van der Waals surface area contributed by atoms with Crippen LogP contribution in [0.4, 0.5) is 4.39 Å². The van der Waals surface area contributed by atoms with Crippen molar-refractivity contribution in [1.82, 2.24) is 10.3 Å². The number of nitrogens with one attached hydrogen (secondary N) is 1. The molecule has 6 heteroatoms. The predicted octanol–water partition coefficient (Wildman–Crippen LogP) is 2.32. The van der Waals surface area contributed by atoms with Crippen molar-refractivity contribution in [3.63, 3.8) is 0 Å². The van der Waals surface area contributed by atoms with E-state index in [1.807, 2.05) is 13.0 Å². The first-order valence-electron chi connectivity index (χ1n) is 6.55. The molecule has 0 aliphatic rings. The number of hydrogen-bond donors (Lipinski definition) is 1. The Bertz CT molecular complexity index is 732. The summed E-state index contributed by atoms with van der Waals surface area (Å²) in [6, 6.07) is 7.74. The van der Waals surface area contributed by atoms with E-state index in [2.05, 4.69) is 10.3 Å². The van der Waals surface area contributed by atoms with E-state index in [9.17, 15) is 12.8 Å². The molecule has 0 aliphatic heterocycles. The molecule has 1 aromatic carbocycles. The first-order valence-corrected chi connectivity index (χ1v) is 8.45. The van der Waals surface area contributed by atoms with Crippen molar-refractivity contribution in [2.75, 3.05) is 12.8 Å². The Labute approximate surface area is 124 Å². The van der Waals surface area contributed by atoms with E-state index in [4.69, 9.17) is 0 Å². The molecule has 1 heterocycles. The molecular formula is C15H17FN2O2S. The summed E-state index contributed by atoms with van der Waals surface area (Å²) in [4.78, 5) is 4.09. The zero-order valence-corrected chi connectivity index (χ0v) is 12.7. The largest absolute Gasteiger partial charge is 0.306 e. The minimum atomic E-state index is -3.28. The van der Waals surface area contributed by atoms with Gasteiger partial charge in [-0.1, -0.05) is 19.1 Å². The molecule has 1 aromatic heterocycles. The molecule has 21 heavy (non-hydrogen) atoms. The first-order chi connectivity index (χ1) is 9.91. The topological polar surface area (TPSA) is 59.1 Å². The number of pyridine rings is 1. The lowest BCUT2D eigenvalue weighted by Gasteiger charge is -2.19. The maximum Gasteiger partial charge on any atom is 0.175 e. The van der Waals surface area contributed by atoms with Crippen molar-refractivity contribution in [2.45, 2.75) is 17.9 Å². The number of hydrogen-bond acceptors (Lipinski definition) is 4. The Balaban J connectivity index is 2.48. The molecule has 0 spiro atoms. The van der Waals surface area contributed by atoms with Crippen LogP contribution in [0.1, 0.15) is 24.1 Å². The quantitative estimate of drug-likeness (QED) is 0.921. The van der Waals surface area contributed by atoms with Crippen LogP contribution in [0, 0.1) is 5.82 Å². The zero-order chi connectivity index (χ0) is 15.5. The molecule has 1 atom stereocenters. The van der Waals surface area contributed by atoms with E-state index in [0.717, 1.165) is 18.0 Å². The van der Waals surface area contributed by atoms with Gasteiger partial charge in [0.15, 0.2) is 9.84 Å². The maximum atomic E-state index is 13.4. The number of nitrogens with zero attached hydrogens (tertiary/aromatic N) is 1. The van der Waals surface area contributed by atoms with Crippen molar-refractivity contribution >= 4 is 9.84 Å². The number of sulfone groups is 1. The maximum absolute atomic E-state index is 13.4. The van der Waals surface area contributed by atoms with Gasteiger partial charge in [-0.15, -0.1) is 0 Å². The van der Waals surface area contributed by atoms with Crippen LogP contribution in [-0.2, 0) is 9.84 Å². The number of aromatic nitrogens is 1. The van der Waals surface area contributed by atoms with Gasteiger partial charge in [-0.2, -0.15) is 0 Å². The molecule has 0 aliphatic carbocycles. The third-order valence-corrected chi connectivity index (χ3v) is 4.20. The van der Waals surface area contributed by atoms with Crippen molar-refractivity contribution in [3.05, 3.63) is 59.7 Å². The molecule has 0 bridgehead atoms. The molecule has 0 radical (unpaired) electrons. The zero-order valence-electron chi connectivity index (χ0n) is 11.9. The standard InChI is InChI=1S/C15H17FN2O2S/c1-3-18-15(12-7-13(16)10-17-9-12)11-5-4-6-14(8-11)21(2,19)20/h4-10,15,18H,3H2,1-2H3. The lowest BCUT2D eigenvalue weighted by Crippen LogP contribution is -2.22. The van der Waals surface area contributed by atoms with Gasteiger partial charge < -0.3 is 5.32 Å². The van der Waals surface area contributed by atoms with E-state index in [0.29, 0.717) is 12.1 Å². The fourth-order valence-electron chi connectivity index (χ4n) is 2.14. The normalized spacial score (nSPS) is 13.1. The summed E-state index contributed by atoms with van der Waals surface area (Å²) in [6.45, 7) is 2.59. The average Bonchev–Trinajstić information content (AvgIpc) is 2.44. The van der Waals surface area contributed by atoms with Gasteiger partial charge in [-0.05, 0) is 35.9 Å². The van der Waals surface area contributed by atoms with Crippen LogP contribution < -0.4 is 5.32 Å². The van der Waals surface area contributed by atoms with Crippen LogP contribution in [0.5, 0.6) is 0 Å². The Morgan fingerprint density at radius 3 is 2.62 bits per heavy atom. The molecule has 0 saturated carbocycles. The second kappa shape index (κ2) is 6.32. The summed E-state index contributed by atoms with van der Waals surface area (Å²) in [7, 11) is -3.28. The van der Waals surface area contributed by atoms with Gasteiger partial charge in [0.2, 0.25) is 0 Å². The SMILES string of the molecule is CCNC(c1cncc(F)c1)c1cccc(S(C)(=O)=O)c1. The Kier molecular flexibility index (Phi) is 4.69. The molecule has 1 unspecified atom stereocenters. The minimum absolute atomic E-state index is 0.243. The van der Waals surface area contributed by atoms with Crippen molar-refractivity contribution in [2.24, 2.45) is 0 Å². The number of benzene rings is 1. The Morgan fingerprint density at radius 2 is 2.00 bits per heavy atom. The molecule has 112 valence electrons. The lowest BCUT2D eigenvalue weighted by atomic mass is 10.00. The summed E-state index contributed by atoms with van der Waals surface area (Å²) in [5.74, 6) is -0.422. The Hall–Kier alpha value is -1.79. The monoisotopic (exact) mass is 308 g/mol. The van der Waals surface area contributed by atoms with Gasteiger partial charge >= 0.3 is 0 Å². The molecule has 2 rings (SSSR count). The lowest BCUT2D eigenvalue weighted by molar-refractivity contribution is 0.592. The minimum Gasteiger partial charge on any atom is -0.306 e. The third-order valence-electron chi connectivity index (χ3n) is 3.09. The summed E-state index contributed by atoms with van der Waals surface area (Å²) in [5, 5.41) is 3.22. The highest BCUT2D eigenvalue weighted by atomic mass is 32.2. The van der Waals surface area contributed by atoms with Gasteiger partial charge in [-0.25, -0.2) is 12.8 Å². The van der Waals surface area contributed by atoms with E-state index >= 15 is 0 Å². The summed E-state index contributed by atoms with van der Waals surface area (Å²) in [6.07, 6.45) is 3.88. The van der Waals surface area contributed by atoms with Gasteiger partial charge in [-0.3, -0.25) is 4.98 Å². The van der Waals surface area contributed by atoms with Gasteiger partial charge in [0.05, 0.1) is 17.1 Å². The molecule has 0 fully saturated rings. The molecule has 1 N–H and O–H groups in total. The highest BCUT2D eigenvalue weighted by Crippen LogP contribution is 2.24. The van der Waals surface area contributed by atoms with Gasteiger partial charge in [0.1, 0.15) is 5.82 Å². The van der Waals surface area contributed by atoms with Crippen LogP contribution >= 0.6 is 0 Å². The van der Waals surface area contributed by atoms with Crippen molar-refractivity contribution in [1.29, 1.82) is 0 Å². The highest BCUT2D eigenvalue weighted by molar-refractivity contribution is 7.90. The van der Waals surface area contributed by atoms with Crippen LogP contribution in [0.3, 0.4) is 0 Å². The third kappa shape index (κ3) is 3.86. The van der Waals surface area contributed by atoms with E-state index in [1.165, 1.54) is 6.07 Å². The number of halogens is 1. The second-order valence-electron chi connectivity index (χ2n) is 4.77. The van der Waals surface area contributed by atoms with Gasteiger partial charge in [0.25, 0.3) is 0 Å².